The van der Waals surface area contributed by atoms with Crippen molar-refractivity contribution in [3.8, 4) is 0 Å². The lowest BCUT2D eigenvalue weighted by molar-refractivity contribution is 1.48. The first-order valence-corrected chi connectivity index (χ1v) is 1.12. The average molecular weight is 76.3 g/mol. The minimum absolute atomic E-state index is 0. The summed E-state index contributed by atoms with van der Waals surface area (Å²) in [6.45, 7) is 1.90. The summed E-state index contributed by atoms with van der Waals surface area (Å²) in [5, 5.41) is 0. The van der Waals surface area contributed by atoms with Crippen LogP contribution in [-0.2, 0) is 0 Å². The third-order valence-corrected chi connectivity index (χ3v) is 0. The van der Waals surface area contributed by atoms with Crippen LogP contribution in [0.3, 0.4) is 0 Å². The fraction of sp³-hybridized carbons (Fsp3) is 1.00. The first kappa shape index (κ1) is 8.84. The first-order chi connectivity index (χ1) is 1.41. The zero-order valence-electron chi connectivity index (χ0n) is 2.69. The van der Waals surface area contributed by atoms with Crippen LogP contribution in [0.5, 0.6) is 0 Å². The molecule has 0 aromatic rings. The van der Waals surface area contributed by atoms with E-state index in [1.807, 2.05) is 6.92 Å². The monoisotopic (exact) mass is 76.0 g/mol. The molecule has 0 amide bonds. The fourth-order valence-electron chi connectivity index (χ4n) is 0. The summed E-state index contributed by atoms with van der Waals surface area (Å²) in [5.41, 5.74) is 0. The van der Waals surface area contributed by atoms with E-state index < -0.39 is 0 Å². The topological polar surface area (TPSA) is 0 Å². The summed E-state index contributed by atoms with van der Waals surface area (Å²) in [6, 6.07) is 0. The predicted octanol–water partition coefficient (Wildman–Crippen LogP) is 1.01. The third kappa shape index (κ3) is 34.3. The van der Waals surface area contributed by atoms with Gasteiger partial charge >= 0.3 is 0 Å². The summed E-state index contributed by atoms with van der Waals surface area (Å²) in [6.07, 6.45) is 0.750. The van der Waals surface area contributed by atoms with Crippen molar-refractivity contribution in [1.82, 2.24) is 0 Å². The molecule has 0 heterocycles. The van der Waals surface area contributed by atoms with E-state index in [0.29, 0.717) is 0 Å². The molecule has 0 unspecified atom stereocenters. The molecule has 0 N–H and O–H groups in total. The van der Waals surface area contributed by atoms with Crippen molar-refractivity contribution in [3.05, 3.63) is 0 Å². The largest absolute Gasteiger partial charge is 0.147 e. The van der Waals surface area contributed by atoms with Crippen LogP contribution in [0.25, 0.3) is 0 Å². The van der Waals surface area contributed by atoms with E-state index in [-0.39, 0.29) is 12.4 Å². The summed E-state index contributed by atoms with van der Waals surface area (Å²) in [4.78, 5) is 0. The highest BCUT2D eigenvalue weighted by Crippen LogP contribution is 1.49. The van der Waals surface area contributed by atoms with Crippen LogP contribution >= 0.6 is 12.4 Å². The number of hydrogen-bond acceptors (Lipinski definition) is 0. The molecule has 0 rings (SSSR count). The lowest BCUT2D eigenvalue weighted by Gasteiger charge is -1.46. The van der Waals surface area contributed by atoms with Gasteiger partial charge in [-0.2, -0.15) is 0 Å². The summed E-state index contributed by atoms with van der Waals surface area (Å²) in [5.74, 6) is 0. The van der Waals surface area contributed by atoms with Crippen molar-refractivity contribution < 1.29 is 0 Å². The van der Waals surface area contributed by atoms with E-state index >= 15 is 0 Å². The highest BCUT2D eigenvalue weighted by atomic mass is 35.5. The molecule has 0 aromatic heterocycles. The lowest BCUT2D eigenvalue weighted by Crippen LogP contribution is -1.41. The van der Waals surface area contributed by atoms with Crippen molar-refractivity contribution in [2.24, 2.45) is 0 Å². The fourth-order valence-corrected chi connectivity index (χ4v) is 0. The average Bonchev–Trinajstić information content (AvgIpc) is 0.918. The number of halogens is 1. The molecule has 0 aliphatic rings. The van der Waals surface area contributed by atoms with Gasteiger partial charge < -0.3 is 0 Å². The number of rotatable bonds is 0. The highest BCUT2D eigenvalue weighted by molar-refractivity contribution is 6.08. The molecule has 24 valence electrons. The lowest BCUT2D eigenvalue weighted by atomic mass is 10.1. The van der Waals surface area contributed by atoms with Gasteiger partial charge in [-0.3, -0.25) is 0 Å². The van der Waals surface area contributed by atoms with Gasteiger partial charge in [0, 0.05) is 0 Å². The van der Waals surface area contributed by atoms with Gasteiger partial charge in [0.2, 0.25) is 0 Å². The van der Waals surface area contributed by atoms with Crippen LogP contribution in [0, 0.1) is 0 Å². The van der Waals surface area contributed by atoms with E-state index in [1.165, 1.54) is 0 Å². The van der Waals surface area contributed by atoms with Crippen LogP contribution < -0.4 is 0 Å². The predicted molar refractivity (Wildman–Crippen MR) is 23.5 cm³/mol. The maximum atomic E-state index is 4.85. The quantitative estimate of drug-likeness (QED) is 0.378. The smallest absolute Gasteiger partial charge is 0.0649 e. The van der Waals surface area contributed by atoms with Crippen molar-refractivity contribution in [3.63, 3.8) is 0 Å². The van der Waals surface area contributed by atoms with Crippen molar-refractivity contribution >= 4 is 20.3 Å². The summed E-state index contributed by atoms with van der Waals surface area (Å²) < 4.78 is 0. The second kappa shape index (κ2) is 10.1. The van der Waals surface area contributed by atoms with E-state index in [1.54, 1.807) is 0 Å². The molecule has 0 saturated carbocycles. The van der Waals surface area contributed by atoms with Crippen LogP contribution in [0.4, 0.5) is 0 Å². The molecule has 0 aliphatic heterocycles. The molecule has 0 saturated heterocycles. The Labute approximate surface area is 34.4 Å². The molecule has 4 heavy (non-hydrogen) atoms. The highest BCUT2D eigenvalue weighted by Gasteiger charge is 1.37. The molecule has 0 fully saturated rings. The van der Waals surface area contributed by atoms with Gasteiger partial charge in [-0.25, -0.2) is 0 Å². The molecule has 0 bridgehead atoms. The SMILES string of the molecule is Cl.[B]CC. The second-order valence-electron chi connectivity index (χ2n) is 0.408. The van der Waals surface area contributed by atoms with Gasteiger partial charge in [-0.15, -0.1) is 12.4 Å². The molecule has 0 aliphatic carbocycles. The first-order valence-electron chi connectivity index (χ1n) is 1.12. The maximum Gasteiger partial charge on any atom is 0.0649 e. The molecule has 2 radical (unpaired) electrons. The molecule has 0 nitrogen and oxygen atoms in total. The van der Waals surface area contributed by atoms with E-state index in [2.05, 4.69) is 0 Å². The molecule has 0 aromatic carbocycles. The summed E-state index contributed by atoms with van der Waals surface area (Å²) in [7, 11) is 4.85. The van der Waals surface area contributed by atoms with Gasteiger partial charge in [-0.05, 0) is 0 Å². The zero-order chi connectivity index (χ0) is 2.71. The van der Waals surface area contributed by atoms with E-state index in [0.717, 1.165) is 6.32 Å². The molecule has 0 atom stereocenters. The van der Waals surface area contributed by atoms with E-state index in [4.69, 9.17) is 7.85 Å². The molecule has 0 spiro atoms. The maximum absolute atomic E-state index is 4.85. The zero-order valence-corrected chi connectivity index (χ0v) is 3.51. The molecular weight excluding hydrogens is 70.3 g/mol. The Hall–Kier alpha value is 0.355. The van der Waals surface area contributed by atoms with Crippen LogP contribution in [-0.4, -0.2) is 7.85 Å². The van der Waals surface area contributed by atoms with Gasteiger partial charge in [0.1, 0.15) is 0 Å². The van der Waals surface area contributed by atoms with Gasteiger partial charge in [0.05, 0.1) is 7.85 Å². The minimum atomic E-state index is 0. The van der Waals surface area contributed by atoms with Crippen molar-refractivity contribution in [2.75, 3.05) is 0 Å². The Kier molecular flexibility index (Phi) is 22.4. The molecular formula is C2H6BCl. The van der Waals surface area contributed by atoms with Crippen molar-refractivity contribution in [2.45, 2.75) is 13.2 Å². The number of hydrogen-bond donors (Lipinski definition) is 0. The summed E-state index contributed by atoms with van der Waals surface area (Å²) >= 11 is 0. The normalized spacial score (nSPS) is 4.25. The van der Waals surface area contributed by atoms with Crippen LogP contribution in [0.15, 0.2) is 0 Å². The van der Waals surface area contributed by atoms with E-state index in [9.17, 15) is 0 Å². The standard InChI is InChI=1S/C2H5B.ClH/c1-2-3;/h2H2,1H3;1H. The second-order valence-corrected chi connectivity index (χ2v) is 0.408. The van der Waals surface area contributed by atoms with Crippen LogP contribution in [0.1, 0.15) is 6.92 Å². The van der Waals surface area contributed by atoms with Gasteiger partial charge in [0.15, 0.2) is 0 Å². The van der Waals surface area contributed by atoms with Crippen molar-refractivity contribution in [1.29, 1.82) is 0 Å². The Morgan fingerprint density at radius 1 is 1.75 bits per heavy atom. The van der Waals surface area contributed by atoms with Crippen LogP contribution in [0.2, 0.25) is 6.32 Å². The Morgan fingerprint density at radius 2 is 1.75 bits per heavy atom. The Balaban J connectivity index is 0. The Morgan fingerprint density at radius 3 is 1.75 bits per heavy atom. The van der Waals surface area contributed by atoms with Gasteiger partial charge in [0.25, 0.3) is 0 Å². The molecule has 2 heteroatoms. The minimum Gasteiger partial charge on any atom is -0.147 e. The Bertz CT molecular complexity index is 6.00. The van der Waals surface area contributed by atoms with Gasteiger partial charge in [-0.1, -0.05) is 13.2 Å². The third-order valence-electron chi connectivity index (χ3n) is 0.